The van der Waals surface area contributed by atoms with Crippen molar-refractivity contribution in [1.82, 2.24) is 15.0 Å². The van der Waals surface area contributed by atoms with Gasteiger partial charge in [0.05, 0.1) is 5.56 Å². The van der Waals surface area contributed by atoms with Gasteiger partial charge in [-0.05, 0) is 54.8 Å². The highest BCUT2D eigenvalue weighted by Gasteiger charge is 2.36. The van der Waals surface area contributed by atoms with Crippen LogP contribution in [0.1, 0.15) is 35.9 Å². The molecule has 7 nitrogen and oxygen atoms in total. The molecule has 0 radical (unpaired) electrons. The van der Waals surface area contributed by atoms with Crippen LogP contribution < -0.4 is 10.5 Å². The fourth-order valence-electron chi connectivity index (χ4n) is 3.75. The summed E-state index contributed by atoms with van der Waals surface area (Å²) in [5, 5.41) is 11.5. The lowest BCUT2D eigenvalue weighted by Crippen LogP contribution is -2.35. The van der Waals surface area contributed by atoms with Crippen molar-refractivity contribution in [3.63, 3.8) is 0 Å². The van der Waals surface area contributed by atoms with Gasteiger partial charge in [-0.15, -0.1) is 12.4 Å². The van der Waals surface area contributed by atoms with E-state index in [0.29, 0.717) is 13.0 Å². The second-order valence-corrected chi connectivity index (χ2v) is 8.59. The molecule has 4 rings (SSSR count). The van der Waals surface area contributed by atoms with E-state index in [4.69, 9.17) is 20.4 Å². The summed E-state index contributed by atoms with van der Waals surface area (Å²) >= 11 is 3.37. The van der Waals surface area contributed by atoms with E-state index in [0.717, 1.165) is 22.5 Å². The number of aromatic nitrogens is 2. The Morgan fingerprint density at radius 3 is 2.80 bits per heavy atom. The second-order valence-electron chi connectivity index (χ2n) is 7.67. The van der Waals surface area contributed by atoms with Gasteiger partial charge in [-0.25, -0.2) is 0 Å². The van der Waals surface area contributed by atoms with E-state index < -0.39 is 11.7 Å². The summed E-state index contributed by atoms with van der Waals surface area (Å²) in [6.45, 7) is 0.543. The van der Waals surface area contributed by atoms with Crippen molar-refractivity contribution in [2.24, 2.45) is 5.73 Å². The molecule has 0 aliphatic carbocycles. The van der Waals surface area contributed by atoms with Crippen molar-refractivity contribution in [2.75, 3.05) is 13.2 Å². The quantitative estimate of drug-likeness (QED) is 0.275. The van der Waals surface area contributed by atoms with Gasteiger partial charge in [-0.3, -0.25) is 5.41 Å². The molecule has 1 aromatic heterocycles. The lowest BCUT2D eigenvalue weighted by molar-refractivity contribution is -0.138. The summed E-state index contributed by atoms with van der Waals surface area (Å²) in [7, 11) is 0. The van der Waals surface area contributed by atoms with Crippen LogP contribution in [0, 0.1) is 5.41 Å². The minimum absolute atomic E-state index is 0. The Balaban J connectivity index is 0.00000342. The van der Waals surface area contributed by atoms with Gasteiger partial charge in [0.25, 0.3) is 0 Å². The largest absolute Gasteiger partial charge is 0.489 e. The first-order valence-electron chi connectivity index (χ1n) is 10.4. The van der Waals surface area contributed by atoms with Gasteiger partial charge >= 0.3 is 6.18 Å². The number of guanidine groups is 1. The van der Waals surface area contributed by atoms with Crippen LogP contribution in [0.3, 0.4) is 0 Å². The van der Waals surface area contributed by atoms with E-state index in [-0.39, 0.29) is 54.0 Å². The number of nitrogens with one attached hydrogen (secondary N) is 1. The van der Waals surface area contributed by atoms with Crippen LogP contribution in [-0.4, -0.2) is 34.2 Å². The normalized spacial score (nSPS) is 15.9. The molecule has 2 heterocycles. The molecule has 1 aliphatic rings. The Bertz CT molecular complexity index is 1220. The molecule has 1 atom stereocenters. The van der Waals surface area contributed by atoms with E-state index in [9.17, 15) is 13.2 Å². The summed E-state index contributed by atoms with van der Waals surface area (Å²) in [5.74, 6) is -0.166. The van der Waals surface area contributed by atoms with Gasteiger partial charge in [0.1, 0.15) is 18.4 Å². The molecule has 35 heavy (non-hydrogen) atoms. The second kappa shape index (κ2) is 11.1. The van der Waals surface area contributed by atoms with Crippen LogP contribution in [0.2, 0.25) is 0 Å². The summed E-state index contributed by atoms with van der Waals surface area (Å²) in [4.78, 5) is 5.89. The average molecular weight is 573 g/mol. The molecule has 0 amide bonds. The molecule has 1 saturated heterocycles. The number of likely N-dealkylation sites (tertiary alicyclic amines) is 1. The average Bonchev–Trinajstić information content (AvgIpc) is 3.46. The fraction of sp³-hybridized carbons (Fsp3) is 0.261. The maximum Gasteiger partial charge on any atom is 0.419 e. The van der Waals surface area contributed by atoms with Crippen molar-refractivity contribution < 1.29 is 22.4 Å². The summed E-state index contributed by atoms with van der Waals surface area (Å²) < 4.78 is 52.8. The molecule has 0 spiro atoms. The van der Waals surface area contributed by atoms with Gasteiger partial charge < -0.3 is 19.9 Å². The van der Waals surface area contributed by atoms with Crippen LogP contribution in [-0.2, 0) is 6.18 Å². The zero-order valence-corrected chi connectivity index (χ0v) is 20.7. The van der Waals surface area contributed by atoms with Crippen molar-refractivity contribution in [3.05, 3.63) is 70.0 Å². The summed E-state index contributed by atoms with van der Waals surface area (Å²) in [5.41, 5.74) is 5.70. The van der Waals surface area contributed by atoms with Crippen molar-refractivity contribution >= 4 is 40.4 Å². The molecular weight excluding hydrogens is 551 g/mol. The SMILES string of the molecule is Cl.N=C(N)N1CCCC1c1nc(-c2ccc(OCC=Cc3cccc(Br)c3)c(C(F)(F)F)c2)no1. The monoisotopic (exact) mass is 571 g/mol. The van der Waals surface area contributed by atoms with Crippen LogP contribution in [0.5, 0.6) is 5.75 Å². The van der Waals surface area contributed by atoms with Gasteiger partial charge in [-0.1, -0.05) is 39.3 Å². The maximum absolute atomic E-state index is 13.7. The molecule has 3 aromatic rings. The van der Waals surface area contributed by atoms with Gasteiger partial charge in [0.2, 0.25) is 11.7 Å². The van der Waals surface area contributed by atoms with E-state index >= 15 is 0 Å². The minimum Gasteiger partial charge on any atom is -0.489 e. The van der Waals surface area contributed by atoms with Crippen molar-refractivity contribution in [1.29, 1.82) is 5.41 Å². The molecule has 1 aliphatic heterocycles. The van der Waals surface area contributed by atoms with E-state index in [1.54, 1.807) is 17.1 Å². The third-order valence-electron chi connectivity index (χ3n) is 5.33. The molecule has 186 valence electrons. The number of rotatable bonds is 6. The molecule has 2 aromatic carbocycles. The topological polar surface area (TPSA) is 101 Å². The molecule has 0 saturated carbocycles. The Hall–Kier alpha value is -3.05. The molecular formula is C23H22BrClF3N5O2. The number of halogens is 5. The Morgan fingerprint density at radius 1 is 1.29 bits per heavy atom. The third-order valence-corrected chi connectivity index (χ3v) is 5.82. The van der Waals surface area contributed by atoms with E-state index in [2.05, 4.69) is 26.1 Å². The molecule has 0 bridgehead atoms. The van der Waals surface area contributed by atoms with Crippen molar-refractivity contribution in [3.8, 4) is 17.1 Å². The smallest absolute Gasteiger partial charge is 0.419 e. The van der Waals surface area contributed by atoms with Gasteiger partial charge in [-0.2, -0.15) is 18.2 Å². The van der Waals surface area contributed by atoms with E-state index in [1.807, 2.05) is 24.3 Å². The predicted molar refractivity (Wildman–Crippen MR) is 131 cm³/mol. The standard InChI is InChI=1S/C23H21BrF3N5O2.ClH/c24-16-6-1-4-14(12-16)5-3-11-33-19-9-8-15(13-17(19)23(25,26)27)20-30-21(34-31-20)18-7-2-10-32(18)22(28)29;/h1,3-6,8-9,12-13,18H,2,7,10-11H2,(H3,28,29);1H. The lowest BCUT2D eigenvalue weighted by Gasteiger charge is -2.21. The van der Waals surface area contributed by atoms with Crippen LogP contribution in [0.4, 0.5) is 13.2 Å². The number of ether oxygens (including phenoxy) is 1. The predicted octanol–water partition coefficient (Wildman–Crippen LogP) is 6.06. The Morgan fingerprint density at radius 2 is 2.09 bits per heavy atom. The molecule has 1 fully saturated rings. The minimum atomic E-state index is -4.64. The zero-order valence-electron chi connectivity index (χ0n) is 18.3. The molecule has 3 N–H and O–H groups in total. The van der Waals surface area contributed by atoms with Crippen LogP contribution in [0.15, 0.2) is 57.5 Å². The van der Waals surface area contributed by atoms with Gasteiger partial charge in [0, 0.05) is 16.6 Å². The highest BCUT2D eigenvalue weighted by atomic mass is 79.9. The summed E-state index contributed by atoms with van der Waals surface area (Å²) in [6, 6.07) is 10.8. The number of benzene rings is 2. The van der Waals surface area contributed by atoms with Crippen LogP contribution >= 0.6 is 28.3 Å². The number of hydrogen-bond donors (Lipinski definition) is 2. The number of nitrogens with zero attached hydrogens (tertiary/aromatic N) is 3. The number of nitrogens with two attached hydrogens (primary N) is 1. The van der Waals surface area contributed by atoms with E-state index in [1.165, 1.54) is 12.1 Å². The zero-order chi connectivity index (χ0) is 24.3. The number of hydrogen-bond acceptors (Lipinski definition) is 5. The fourth-order valence-corrected chi connectivity index (χ4v) is 4.17. The highest BCUT2D eigenvalue weighted by molar-refractivity contribution is 9.10. The molecule has 1 unspecified atom stereocenters. The third kappa shape index (κ3) is 6.34. The Labute approximate surface area is 214 Å². The lowest BCUT2D eigenvalue weighted by atomic mass is 10.1. The Kier molecular flexibility index (Phi) is 8.44. The summed E-state index contributed by atoms with van der Waals surface area (Å²) in [6.07, 6.45) is 0.227. The highest BCUT2D eigenvalue weighted by Crippen LogP contribution is 2.39. The van der Waals surface area contributed by atoms with Gasteiger partial charge in [0.15, 0.2) is 5.96 Å². The maximum atomic E-state index is 13.7. The van der Waals surface area contributed by atoms with Crippen LogP contribution in [0.25, 0.3) is 17.5 Å². The van der Waals surface area contributed by atoms with Crippen molar-refractivity contribution in [2.45, 2.75) is 25.1 Å². The number of alkyl halides is 3. The first kappa shape index (κ1) is 26.6. The molecule has 12 heteroatoms. The first-order chi connectivity index (χ1) is 16.2. The first-order valence-corrected chi connectivity index (χ1v) is 11.2.